The molecule has 1 unspecified atom stereocenters. The largest absolute Gasteiger partial charge is 0.465 e. The molecule has 0 amide bonds. The molecule has 0 spiro atoms. The van der Waals surface area contributed by atoms with E-state index >= 15 is 0 Å². The van der Waals surface area contributed by atoms with Gasteiger partial charge in [0.25, 0.3) is 0 Å². The molecule has 18 heavy (non-hydrogen) atoms. The molecule has 0 aromatic heterocycles. The van der Waals surface area contributed by atoms with E-state index < -0.39 is 11.9 Å². The Morgan fingerprint density at radius 1 is 1.50 bits per heavy atom. The molecule has 96 valence electrons. The molecule has 1 heterocycles. The van der Waals surface area contributed by atoms with E-state index in [4.69, 9.17) is 25.8 Å². The van der Waals surface area contributed by atoms with Crippen molar-refractivity contribution in [2.75, 3.05) is 13.4 Å². The van der Waals surface area contributed by atoms with Crippen molar-refractivity contribution in [3.05, 3.63) is 22.7 Å². The van der Waals surface area contributed by atoms with Gasteiger partial charge >= 0.3 is 5.97 Å². The molecule has 6 heteroatoms. The first-order valence-corrected chi connectivity index (χ1v) is 5.76. The smallest absolute Gasteiger partial charge is 0.320 e. The zero-order chi connectivity index (χ0) is 13.1. The Morgan fingerprint density at radius 3 is 2.78 bits per heavy atom. The summed E-state index contributed by atoms with van der Waals surface area (Å²) in [6, 6.07) is 3.05. The van der Waals surface area contributed by atoms with Gasteiger partial charge in [0, 0.05) is 11.1 Å². The molecule has 0 aliphatic carbocycles. The monoisotopic (exact) mass is 270 g/mol. The molecule has 1 aliphatic rings. The lowest BCUT2D eigenvalue weighted by Gasteiger charge is -2.12. The van der Waals surface area contributed by atoms with Crippen LogP contribution in [0.2, 0.25) is 5.02 Å². The summed E-state index contributed by atoms with van der Waals surface area (Å²) in [7, 11) is 0. The Labute approximate surface area is 109 Å². The van der Waals surface area contributed by atoms with Gasteiger partial charge in [-0.05, 0) is 18.6 Å². The van der Waals surface area contributed by atoms with Gasteiger partial charge in [-0.2, -0.15) is 0 Å². The van der Waals surface area contributed by atoms with Gasteiger partial charge in [0.2, 0.25) is 6.79 Å². The van der Waals surface area contributed by atoms with E-state index in [-0.39, 0.29) is 18.4 Å². The summed E-state index contributed by atoms with van der Waals surface area (Å²) in [6.45, 7) is 1.96. The Kier molecular flexibility index (Phi) is 3.72. The molecule has 0 N–H and O–H groups in total. The Hall–Kier alpha value is -1.75. The normalized spacial score (nSPS) is 14.1. The number of carbonyl (C=O) groups is 2. The third-order valence-electron chi connectivity index (χ3n) is 2.50. The maximum Gasteiger partial charge on any atom is 0.320 e. The minimum atomic E-state index is -1.05. The number of benzene rings is 1. The quantitative estimate of drug-likeness (QED) is 0.475. The molecule has 1 atom stereocenters. The molecule has 0 fully saturated rings. The number of fused-ring (bicyclic) bond motifs is 1. The van der Waals surface area contributed by atoms with Crippen molar-refractivity contribution >= 4 is 23.9 Å². The number of rotatable bonds is 4. The van der Waals surface area contributed by atoms with E-state index in [0.717, 1.165) is 0 Å². The summed E-state index contributed by atoms with van der Waals surface area (Å²) in [6.07, 6.45) is 0.501. The van der Waals surface area contributed by atoms with E-state index in [0.29, 0.717) is 23.3 Å². The standard InChI is InChI=1S/C12H11ClO5/c1-2-16-12(15)8(5-14)7-3-10-11(4-9(7)13)18-6-17-10/h3-5,8H,2,6H2,1H3. The highest BCUT2D eigenvalue weighted by Crippen LogP contribution is 2.39. The second-order valence-corrected chi connectivity index (χ2v) is 4.00. The molecule has 0 saturated carbocycles. The van der Waals surface area contributed by atoms with Crippen molar-refractivity contribution in [2.24, 2.45) is 0 Å². The summed E-state index contributed by atoms with van der Waals surface area (Å²) < 4.78 is 15.1. The van der Waals surface area contributed by atoms with E-state index in [9.17, 15) is 9.59 Å². The van der Waals surface area contributed by atoms with E-state index in [2.05, 4.69) is 0 Å². The second-order valence-electron chi connectivity index (χ2n) is 3.59. The predicted octanol–water partition coefficient (Wildman–Crippen LogP) is 1.91. The van der Waals surface area contributed by atoms with Crippen LogP contribution in [0, 0.1) is 0 Å². The van der Waals surface area contributed by atoms with Crippen LogP contribution < -0.4 is 9.47 Å². The molecule has 1 aromatic rings. The van der Waals surface area contributed by atoms with Gasteiger partial charge < -0.3 is 19.0 Å². The van der Waals surface area contributed by atoms with Crippen molar-refractivity contribution in [2.45, 2.75) is 12.8 Å². The van der Waals surface area contributed by atoms with Crippen LogP contribution in [-0.4, -0.2) is 25.7 Å². The minimum Gasteiger partial charge on any atom is -0.465 e. The molecular weight excluding hydrogens is 260 g/mol. The van der Waals surface area contributed by atoms with Crippen molar-refractivity contribution in [3.63, 3.8) is 0 Å². The molecule has 5 nitrogen and oxygen atoms in total. The van der Waals surface area contributed by atoms with Gasteiger partial charge in [0.05, 0.1) is 6.61 Å². The van der Waals surface area contributed by atoms with Crippen molar-refractivity contribution in [1.82, 2.24) is 0 Å². The van der Waals surface area contributed by atoms with E-state index in [1.165, 1.54) is 12.1 Å². The number of hydrogen-bond acceptors (Lipinski definition) is 5. The summed E-state index contributed by atoms with van der Waals surface area (Å²) in [4.78, 5) is 22.7. The summed E-state index contributed by atoms with van der Waals surface area (Å²) in [5.41, 5.74) is 0.356. The maximum atomic E-state index is 11.6. The highest BCUT2D eigenvalue weighted by atomic mass is 35.5. The fourth-order valence-corrected chi connectivity index (χ4v) is 1.93. The van der Waals surface area contributed by atoms with Crippen molar-refractivity contribution in [1.29, 1.82) is 0 Å². The zero-order valence-electron chi connectivity index (χ0n) is 9.64. The molecule has 0 radical (unpaired) electrons. The lowest BCUT2D eigenvalue weighted by atomic mass is 10.00. The van der Waals surface area contributed by atoms with Gasteiger partial charge in [0.15, 0.2) is 11.5 Å². The minimum absolute atomic E-state index is 0.0975. The van der Waals surface area contributed by atoms with E-state index in [1.807, 2.05) is 0 Å². The number of esters is 1. The summed E-state index contributed by atoms with van der Waals surface area (Å²) in [5.74, 6) is -0.719. The van der Waals surface area contributed by atoms with Gasteiger partial charge in [-0.1, -0.05) is 11.6 Å². The predicted molar refractivity (Wildman–Crippen MR) is 63.0 cm³/mol. The number of carbonyl (C=O) groups excluding carboxylic acids is 2. The molecule has 2 rings (SSSR count). The number of ether oxygens (including phenoxy) is 3. The van der Waals surface area contributed by atoms with Crippen LogP contribution in [0.1, 0.15) is 18.4 Å². The highest BCUT2D eigenvalue weighted by Gasteiger charge is 2.27. The van der Waals surface area contributed by atoms with Crippen LogP contribution in [0.3, 0.4) is 0 Å². The van der Waals surface area contributed by atoms with Crippen molar-refractivity contribution < 1.29 is 23.8 Å². The molecule has 0 saturated heterocycles. The van der Waals surface area contributed by atoms with Crippen LogP contribution in [-0.2, 0) is 14.3 Å². The Morgan fingerprint density at radius 2 is 2.17 bits per heavy atom. The van der Waals surface area contributed by atoms with Crippen LogP contribution in [0.4, 0.5) is 0 Å². The maximum absolute atomic E-state index is 11.6. The van der Waals surface area contributed by atoms with Crippen LogP contribution in [0.15, 0.2) is 12.1 Å². The van der Waals surface area contributed by atoms with Gasteiger partial charge in [0.1, 0.15) is 12.2 Å². The Bertz CT molecular complexity index is 486. The van der Waals surface area contributed by atoms with Crippen LogP contribution in [0.25, 0.3) is 0 Å². The first-order valence-electron chi connectivity index (χ1n) is 5.38. The van der Waals surface area contributed by atoms with Crippen molar-refractivity contribution in [3.8, 4) is 11.5 Å². The van der Waals surface area contributed by atoms with Crippen LogP contribution in [0.5, 0.6) is 11.5 Å². The number of hydrogen-bond donors (Lipinski definition) is 0. The lowest BCUT2D eigenvalue weighted by Crippen LogP contribution is -2.17. The molecule has 1 aromatic carbocycles. The van der Waals surface area contributed by atoms with Crippen LogP contribution >= 0.6 is 11.6 Å². The third-order valence-corrected chi connectivity index (χ3v) is 2.83. The number of halogens is 1. The lowest BCUT2D eigenvalue weighted by molar-refractivity contribution is -0.146. The average molecular weight is 271 g/mol. The SMILES string of the molecule is CCOC(=O)C(C=O)c1cc2c(cc1Cl)OCO2. The molecular formula is C12H11ClO5. The van der Waals surface area contributed by atoms with Gasteiger partial charge in [-0.15, -0.1) is 0 Å². The summed E-state index contributed by atoms with van der Waals surface area (Å²) >= 11 is 6.02. The van der Waals surface area contributed by atoms with Gasteiger partial charge in [-0.25, -0.2) is 0 Å². The van der Waals surface area contributed by atoms with E-state index in [1.54, 1.807) is 6.92 Å². The topological polar surface area (TPSA) is 61.8 Å². The Balaban J connectivity index is 2.36. The highest BCUT2D eigenvalue weighted by molar-refractivity contribution is 6.32. The zero-order valence-corrected chi connectivity index (χ0v) is 10.4. The summed E-state index contributed by atoms with van der Waals surface area (Å²) in [5, 5.41) is 0.268. The second kappa shape index (κ2) is 5.27. The fraction of sp³-hybridized carbons (Fsp3) is 0.333. The average Bonchev–Trinajstić information content (AvgIpc) is 2.77. The molecule has 1 aliphatic heterocycles. The number of aldehydes is 1. The fourth-order valence-electron chi connectivity index (χ4n) is 1.66. The first-order chi connectivity index (χ1) is 8.67. The molecule has 0 bridgehead atoms. The third kappa shape index (κ3) is 2.26. The first kappa shape index (κ1) is 12.7. The van der Waals surface area contributed by atoms with Gasteiger partial charge in [-0.3, -0.25) is 4.79 Å².